The largest absolute Gasteiger partial charge is 0.462 e. The van der Waals surface area contributed by atoms with Crippen molar-refractivity contribution in [2.24, 2.45) is 0 Å². The predicted octanol–water partition coefficient (Wildman–Crippen LogP) is 2.11. The Kier molecular flexibility index (Phi) is 5.30. The van der Waals surface area contributed by atoms with E-state index in [9.17, 15) is 14.4 Å². The number of esters is 1. The maximum absolute atomic E-state index is 12.4. The molecule has 7 heteroatoms. The van der Waals surface area contributed by atoms with Crippen LogP contribution in [0.25, 0.3) is 0 Å². The van der Waals surface area contributed by atoms with Gasteiger partial charge in [-0.2, -0.15) is 0 Å². The molecule has 1 aromatic carbocycles. The average molecular weight is 336 g/mol. The molecular formula is C16H20N2O4S. The molecule has 1 atom stereocenters. The van der Waals surface area contributed by atoms with Gasteiger partial charge in [0.1, 0.15) is 6.04 Å². The van der Waals surface area contributed by atoms with Gasteiger partial charge in [-0.3, -0.25) is 9.59 Å². The van der Waals surface area contributed by atoms with Gasteiger partial charge >= 0.3 is 5.97 Å². The highest BCUT2D eigenvalue weighted by Crippen LogP contribution is 2.37. The Bertz CT molecular complexity index is 601. The molecule has 1 N–H and O–H groups in total. The fraction of sp³-hybridized carbons (Fsp3) is 0.438. The van der Waals surface area contributed by atoms with E-state index in [0.29, 0.717) is 30.0 Å². The van der Waals surface area contributed by atoms with Crippen LogP contribution < -0.4 is 5.32 Å². The summed E-state index contributed by atoms with van der Waals surface area (Å²) in [7, 11) is 0. The normalized spacial score (nSPS) is 19.3. The van der Waals surface area contributed by atoms with Crippen molar-refractivity contribution in [3.63, 3.8) is 0 Å². The first-order valence-corrected chi connectivity index (χ1v) is 8.33. The third-order valence-corrected chi connectivity index (χ3v) is 5.03. The van der Waals surface area contributed by atoms with Gasteiger partial charge in [0.15, 0.2) is 0 Å². The highest BCUT2D eigenvalue weighted by Gasteiger charge is 2.42. The number of rotatable bonds is 5. The van der Waals surface area contributed by atoms with Crippen LogP contribution in [0.15, 0.2) is 24.3 Å². The van der Waals surface area contributed by atoms with Crippen molar-refractivity contribution < 1.29 is 19.1 Å². The zero-order chi connectivity index (χ0) is 17.0. The van der Waals surface area contributed by atoms with Gasteiger partial charge in [-0.05, 0) is 45.0 Å². The number of benzene rings is 1. The van der Waals surface area contributed by atoms with Crippen molar-refractivity contribution in [3.8, 4) is 0 Å². The highest BCUT2D eigenvalue weighted by atomic mass is 32.2. The first kappa shape index (κ1) is 17.3. The average Bonchev–Trinajstić information content (AvgIpc) is 2.82. The molecule has 0 saturated carbocycles. The molecule has 0 radical (unpaired) electrons. The number of hydrogen-bond donors (Lipinski definition) is 1. The van der Waals surface area contributed by atoms with E-state index in [0.717, 1.165) is 0 Å². The Morgan fingerprint density at radius 3 is 2.61 bits per heavy atom. The number of hydrogen-bond acceptors (Lipinski definition) is 5. The minimum Gasteiger partial charge on any atom is -0.462 e. The summed E-state index contributed by atoms with van der Waals surface area (Å²) < 4.78 is 4.91. The summed E-state index contributed by atoms with van der Waals surface area (Å²) in [4.78, 5) is 36.3. The fourth-order valence-corrected chi connectivity index (χ4v) is 3.54. The van der Waals surface area contributed by atoms with Crippen LogP contribution in [0.3, 0.4) is 0 Å². The van der Waals surface area contributed by atoms with Gasteiger partial charge < -0.3 is 15.0 Å². The van der Waals surface area contributed by atoms with Gasteiger partial charge in [0.05, 0.1) is 17.0 Å². The molecule has 0 aromatic heterocycles. The maximum Gasteiger partial charge on any atom is 0.338 e. The van der Waals surface area contributed by atoms with Gasteiger partial charge in [-0.15, -0.1) is 11.8 Å². The van der Waals surface area contributed by atoms with Crippen LogP contribution in [0.1, 0.15) is 31.1 Å². The summed E-state index contributed by atoms with van der Waals surface area (Å²) in [6.07, 6.45) is 0.716. The van der Waals surface area contributed by atoms with Crippen molar-refractivity contribution >= 4 is 35.7 Å². The number of ether oxygens (including phenoxy) is 1. The van der Waals surface area contributed by atoms with E-state index in [1.54, 1.807) is 43.0 Å². The number of nitrogens with one attached hydrogen (secondary N) is 1. The van der Waals surface area contributed by atoms with Crippen molar-refractivity contribution in [1.82, 2.24) is 4.90 Å². The third kappa shape index (κ3) is 3.85. The van der Waals surface area contributed by atoms with Crippen molar-refractivity contribution in [3.05, 3.63) is 29.8 Å². The number of amides is 2. The van der Waals surface area contributed by atoms with Gasteiger partial charge in [0.2, 0.25) is 12.3 Å². The predicted molar refractivity (Wildman–Crippen MR) is 89.3 cm³/mol. The number of anilines is 1. The fourth-order valence-electron chi connectivity index (χ4n) is 2.35. The molecule has 6 nitrogen and oxygen atoms in total. The Balaban J connectivity index is 2.03. The van der Waals surface area contributed by atoms with Gasteiger partial charge in [0, 0.05) is 11.4 Å². The molecule has 0 spiro atoms. The lowest BCUT2D eigenvalue weighted by molar-refractivity contribution is -0.130. The molecule has 23 heavy (non-hydrogen) atoms. The van der Waals surface area contributed by atoms with Crippen molar-refractivity contribution in [2.75, 3.05) is 17.7 Å². The number of carbonyl (C=O) groups excluding carboxylic acids is 3. The van der Waals surface area contributed by atoms with Gasteiger partial charge in [-0.25, -0.2) is 4.79 Å². The summed E-state index contributed by atoms with van der Waals surface area (Å²) in [5.74, 6) is -0.0797. The lowest BCUT2D eigenvalue weighted by atomic mass is 10.2. The summed E-state index contributed by atoms with van der Waals surface area (Å²) in [6, 6.07) is 5.97. The molecule has 1 aliphatic rings. The molecule has 2 rings (SSSR count). The molecule has 124 valence electrons. The smallest absolute Gasteiger partial charge is 0.338 e. The van der Waals surface area contributed by atoms with Crippen LogP contribution >= 0.6 is 11.8 Å². The minimum absolute atomic E-state index is 0.237. The van der Waals surface area contributed by atoms with Crippen molar-refractivity contribution in [2.45, 2.75) is 31.7 Å². The van der Waals surface area contributed by atoms with Gasteiger partial charge in [-0.1, -0.05) is 0 Å². The second-order valence-corrected chi connectivity index (χ2v) is 7.19. The summed E-state index contributed by atoms with van der Waals surface area (Å²) >= 11 is 1.56. The molecule has 1 aliphatic heterocycles. The van der Waals surface area contributed by atoms with E-state index in [1.807, 2.05) is 13.8 Å². The molecular weight excluding hydrogens is 316 g/mol. The zero-order valence-electron chi connectivity index (χ0n) is 13.4. The second-order valence-electron chi connectivity index (χ2n) is 5.57. The summed E-state index contributed by atoms with van der Waals surface area (Å²) in [5.41, 5.74) is 1.00. The van der Waals surface area contributed by atoms with E-state index < -0.39 is 16.9 Å². The van der Waals surface area contributed by atoms with Gasteiger partial charge in [0.25, 0.3) is 0 Å². The molecule has 0 aliphatic carbocycles. The van der Waals surface area contributed by atoms with Crippen LogP contribution in [0.2, 0.25) is 0 Å². The van der Waals surface area contributed by atoms with E-state index in [-0.39, 0.29) is 5.91 Å². The zero-order valence-corrected chi connectivity index (χ0v) is 14.2. The monoisotopic (exact) mass is 336 g/mol. The van der Waals surface area contributed by atoms with Crippen LogP contribution in [0, 0.1) is 0 Å². The first-order chi connectivity index (χ1) is 10.9. The number of carbonyl (C=O) groups is 3. The molecule has 1 fully saturated rings. The van der Waals surface area contributed by atoms with Crippen LogP contribution in [-0.2, 0) is 14.3 Å². The quantitative estimate of drug-likeness (QED) is 0.658. The standard InChI is InChI=1S/C16H20N2O4S/c1-4-22-15(21)11-5-7-12(8-6-11)17-14(20)13-9-23-16(2,3)18(13)10-19/h5-8,10,13H,4,9H2,1-3H3,(H,17,20)/t13-/m1/s1. The number of nitrogens with zero attached hydrogens (tertiary/aromatic N) is 1. The first-order valence-electron chi connectivity index (χ1n) is 7.34. The molecule has 0 bridgehead atoms. The van der Waals surface area contributed by atoms with Crippen molar-refractivity contribution in [1.29, 1.82) is 0 Å². The van der Waals surface area contributed by atoms with Crippen LogP contribution in [-0.4, -0.2) is 46.5 Å². The Hall–Kier alpha value is -2.02. The Morgan fingerprint density at radius 2 is 2.04 bits per heavy atom. The molecule has 1 heterocycles. The molecule has 1 aromatic rings. The lowest BCUT2D eigenvalue weighted by Gasteiger charge is -2.30. The SMILES string of the molecule is CCOC(=O)c1ccc(NC(=O)[C@H]2CSC(C)(C)N2C=O)cc1. The maximum atomic E-state index is 12.4. The van der Waals surface area contributed by atoms with Crippen LogP contribution in [0.4, 0.5) is 5.69 Å². The lowest BCUT2D eigenvalue weighted by Crippen LogP contribution is -2.47. The topological polar surface area (TPSA) is 75.7 Å². The van der Waals surface area contributed by atoms with Crippen LogP contribution in [0.5, 0.6) is 0 Å². The molecule has 0 unspecified atom stereocenters. The highest BCUT2D eigenvalue weighted by molar-refractivity contribution is 8.00. The molecule has 2 amide bonds. The van der Waals surface area contributed by atoms with E-state index in [4.69, 9.17) is 4.74 Å². The van der Waals surface area contributed by atoms with E-state index in [2.05, 4.69) is 5.32 Å². The Labute approximate surface area is 139 Å². The second kappa shape index (κ2) is 7.04. The number of thioether (sulfide) groups is 1. The summed E-state index contributed by atoms with van der Waals surface area (Å²) in [5, 5.41) is 2.78. The Morgan fingerprint density at radius 1 is 1.39 bits per heavy atom. The van der Waals surface area contributed by atoms with E-state index in [1.165, 1.54) is 4.90 Å². The van der Waals surface area contributed by atoms with E-state index >= 15 is 0 Å². The molecule has 1 saturated heterocycles. The minimum atomic E-state index is -0.503. The summed E-state index contributed by atoms with van der Waals surface area (Å²) in [6.45, 7) is 5.88. The third-order valence-electron chi connectivity index (χ3n) is 3.63.